The number of rotatable bonds is 3. The SMILES string of the molecule is CC1(C)CCN(S(=O)(=O)c2ccc(CCl)cc2)CCS1. The van der Waals surface area contributed by atoms with Crippen molar-refractivity contribution in [3.8, 4) is 0 Å². The lowest BCUT2D eigenvalue weighted by molar-refractivity contribution is 0.415. The Kier molecular flexibility index (Phi) is 5.05. The van der Waals surface area contributed by atoms with Crippen LogP contribution in [-0.2, 0) is 15.9 Å². The molecule has 1 aliphatic heterocycles. The first-order chi connectivity index (χ1) is 9.35. The molecular formula is C14H20ClNO2S2. The molecule has 1 fully saturated rings. The minimum absolute atomic E-state index is 0.146. The van der Waals surface area contributed by atoms with Gasteiger partial charge in [0.25, 0.3) is 0 Å². The third kappa shape index (κ3) is 3.70. The summed E-state index contributed by atoms with van der Waals surface area (Å²) in [5, 5.41) is 0. The van der Waals surface area contributed by atoms with Crippen molar-refractivity contribution < 1.29 is 8.42 Å². The van der Waals surface area contributed by atoms with Gasteiger partial charge < -0.3 is 0 Å². The Labute approximate surface area is 130 Å². The van der Waals surface area contributed by atoms with Crippen molar-refractivity contribution in [1.82, 2.24) is 4.31 Å². The van der Waals surface area contributed by atoms with Crippen LogP contribution >= 0.6 is 23.4 Å². The van der Waals surface area contributed by atoms with E-state index >= 15 is 0 Å². The average Bonchev–Trinajstić information content (AvgIpc) is 2.60. The predicted octanol–water partition coefficient (Wildman–Crippen LogP) is 3.33. The van der Waals surface area contributed by atoms with Gasteiger partial charge in [0, 0.05) is 29.5 Å². The molecule has 1 heterocycles. The first-order valence-corrected chi connectivity index (χ1v) is 9.60. The summed E-state index contributed by atoms with van der Waals surface area (Å²) in [4.78, 5) is 0.357. The summed E-state index contributed by atoms with van der Waals surface area (Å²) in [7, 11) is -3.38. The van der Waals surface area contributed by atoms with Crippen LogP contribution in [0.4, 0.5) is 0 Å². The summed E-state index contributed by atoms with van der Waals surface area (Å²) < 4.78 is 27.0. The number of nitrogens with zero attached hydrogens (tertiary/aromatic N) is 1. The van der Waals surface area contributed by atoms with E-state index in [0.717, 1.165) is 17.7 Å². The van der Waals surface area contributed by atoms with Gasteiger partial charge in [-0.25, -0.2) is 8.42 Å². The van der Waals surface area contributed by atoms with E-state index in [1.165, 1.54) is 0 Å². The minimum Gasteiger partial charge on any atom is -0.207 e. The van der Waals surface area contributed by atoms with Gasteiger partial charge in [-0.1, -0.05) is 26.0 Å². The van der Waals surface area contributed by atoms with Gasteiger partial charge in [-0.05, 0) is 24.1 Å². The Balaban J connectivity index is 2.20. The Morgan fingerprint density at radius 1 is 1.25 bits per heavy atom. The lowest BCUT2D eigenvalue weighted by Crippen LogP contribution is -2.33. The molecule has 0 saturated carbocycles. The fourth-order valence-electron chi connectivity index (χ4n) is 2.14. The number of hydrogen-bond donors (Lipinski definition) is 0. The minimum atomic E-state index is -3.38. The maximum atomic E-state index is 12.6. The molecule has 0 atom stereocenters. The number of thioether (sulfide) groups is 1. The molecule has 1 aliphatic rings. The van der Waals surface area contributed by atoms with Gasteiger partial charge in [0.15, 0.2) is 0 Å². The average molecular weight is 334 g/mol. The fraction of sp³-hybridized carbons (Fsp3) is 0.571. The number of sulfonamides is 1. The van der Waals surface area contributed by atoms with Gasteiger partial charge in [-0.15, -0.1) is 11.6 Å². The highest BCUT2D eigenvalue weighted by molar-refractivity contribution is 8.00. The molecule has 112 valence electrons. The van der Waals surface area contributed by atoms with Crippen LogP contribution in [0, 0.1) is 0 Å². The second kappa shape index (κ2) is 6.26. The zero-order valence-corrected chi connectivity index (χ0v) is 14.2. The van der Waals surface area contributed by atoms with E-state index in [2.05, 4.69) is 13.8 Å². The molecule has 0 aromatic heterocycles. The second-order valence-electron chi connectivity index (χ2n) is 5.54. The fourth-order valence-corrected chi connectivity index (χ4v) is 4.98. The van der Waals surface area contributed by atoms with Crippen molar-refractivity contribution in [2.24, 2.45) is 0 Å². The number of alkyl halides is 1. The summed E-state index contributed by atoms with van der Waals surface area (Å²) >= 11 is 7.57. The normalized spacial score (nSPS) is 20.6. The van der Waals surface area contributed by atoms with E-state index in [1.54, 1.807) is 28.6 Å². The molecule has 0 amide bonds. The molecule has 0 unspecified atom stereocenters. The maximum absolute atomic E-state index is 12.6. The van der Waals surface area contributed by atoms with E-state index in [4.69, 9.17) is 11.6 Å². The first kappa shape index (κ1) is 16.1. The summed E-state index contributed by atoms with van der Waals surface area (Å²) in [5.41, 5.74) is 0.929. The Morgan fingerprint density at radius 2 is 1.90 bits per heavy atom. The van der Waals surface area contributed by atoms with Crippen molar-refractivity contribution in [3.63, 3.8) is 0 Å². The topological polar surface area (TPSA) is 37.4 Å². The lowest BCUT2D eigenvalue weighted by atomic mass is 10.1. The summed E-state index contributed by atoms with van der Waals surface area (Å²) in [6, 6.07) is 6.85. The molecule has 1 saturated heterocycles. The van der Waals surface area contributed by atoms with Crippen LogP contribution in [0.15, 0.2) is 29.2 Å². The van der Waals surface area contributed by atoms with E-state index < -0.39 is 10.0 Å². The summed E-state index contributed by atoms with van der Waals surface area (Å²) in [6.45, 7) is 5.50. The quantitative estimate of drug-likeness (QED) is 0.796. The maximum Gasteiger partial charge on any atom is 0.243 e. The van der Waals surface area contributed by atoms with E-state index in [9.17, 15) is 8.42 Å². The van der Waals surface area contributed by atoms with Crippen molar-refractivity contribution in [1.29, 1.82) is 0 Å². The molecule has 1 aromatic rings. The number of hydrogen-bond acceptors (Lipinski definition) is 3. The highest BCUT2D eigenvalue weighted by Gasteiger charge is 2.30. The van der Waals surface area contributed by atoms with Crippen LogP contribution < -0.4 is 0 Å². The summed E-state index contributed by atoms with van der Waals surface area (Å²) in [6.07, 6.45) is 0.872. The van der Waals surface area contributed by atoms with Gasteiger partial charge in [0.2, 0.25) is 10.0 Å². The van der Waals surface area contributed by atoms with Crippen LogP contribution in [0.2, 0.25) is 0 Å². The largest absolute Gasteiger partial charge is 0.243 e. The molecule has 6 heteroatoms. The molecule has 0 bridgehead atoms. The molecule has 0 aliphatic carbocycles. The van der Waals surface area contributed by atoms with Crippen LogP contribution in [0.5, 0.6) is 0 Å². The lowest BCUT2D eigenvalue weighted by Gasteiger charge is -2.22. The first-order valence-electron chi connectivity index (χ1n) is 6.64. The van der Waals surface area contributed by atoms with E-state index in [1.807, 2.05) is 11.8 Å². The zero-order chi connectivity index (χ0) is 14.8. The van der Waals surface area contributed by atoms with Crippen molar-refractivity contribution in [3.05, 3.63) is 29.8 Å². The van der Waals surface area contributed by atoms with Crippen LogP contribution in [0.25, 0.3) is 0 Å². The zero-order valence-electron chi connectivity index (χ0n) is 11.8. The predicted molar refractivity (Wildman–Crippen MR) is 85.9 cm³/mol. The number of benzene rings is 1. The second-order valence-corrected chi connectivity index (χ2v) is 9.55. The number of halogens is 1. The molecular weight excluding hydrogens is 314 g/mol. The molecule has 1 aromatic carbocycles. The molecule has 3 nitrogen and oxygen atoms in total. The van der Waals surface area contributed by atoms with Crippen molar-refractivity contribution >= 4 is 33.4 Å². The van der Waals surface area contributed by atoms with Gasteiger partial charge in [-0.2, -0.15) is 16.1 Å². The van der Waals surface area contributed by atoms with Gasteiger partial charge >= 0.3 is 0 Å². The van der Waals surface area contributed by atoms with Gasteiger partial charge in [0.05, 0.1) is 4.90 Å². The standard InChI is InChI=1S/C14H20ClNO2S2/c1-14(2)7-8-16(9-10-19-14)20(17,18)13-5-3-12(11-15)4-6-13/h3-6H,7-11H2,1-2H3. The monoisotopic (exact) mass is 333 g/mol. The smallest absolute Gasteiger partial charge is 0.207 e. The summed E-state index contributed by atoms with van der Waals surface area (Å²) in [5.74, 6) is 1.24. The van der Waals surface area contributed by atoms with Crippen LogP contribution in [0.3, 0.4) is 0 Å². The molecule has 0 N–H and O–H groups in total. The van der Waals surface area contributed by atoms with Crippen LogP contribution in [0.1, 0.15) is 25.8 Å². The highest BCUT2D eigenvalue weighted by atomic mass is 35.5. The molecule has 0 spiro atoms. The van der Waals surface area contributed by atoms with Gasteiger partial charge in [-0.3, -0.25) is 0 Å². The van der Waals surface area contributed by atoms with Crippen molar-refractivity contribution in [2.75, 3.05) is 18.8 Å². The Hall–Kier alpha value is -0.230. The molecule has 20 heavy (non-hydrogen) atoms. The molecule has 2 rings (SSSR count). The van der Waals surface area contributed by atoms with Crippen LogP contribution in [-0.4, -0.2) is 36.3 Å². The highest BCUT2D eigenvalue weighted by Crippen LogP contribution is 2.32. The third-order valence-electron chi connectivity index (χ3n) is 3.51. The Morgan fingerprint density at radius 3 is 2.50 bits per heavy atom. The Bertz CT molecular complexity index is 555. The van der Waals surface area contributed by atoms with Gasteiger partial charge in [0.1, 0.15) is 0 Å². The van der Waals surface area contributed by atoms with E-state index in [0.29, 0.717) is 23.9 Å². The third-order valence-corrected chi connectivity index (χ3v) is 7.11. The van der Waals surface area contributed by atoms with E-state index in [-0.39, 0.29) is 4.75 Å². The molecule has 0 radical (unpaired) electrons. The van der Waals surface area contributed by atoms with Crippen molar-refractivity contribution in [2.45, 2.75) is 35.8 Å².